The zero-order valence-electron chi connectivity index (χ0n) is 16.6. The van der Waals surface area contributed by atoms with Crippen LogP contribution in [0.4, 0.5) is 0 Å². The maximum absolute atomic E-state index is 12.4. The van der Waals surface area contributed by atoms with Gasteiger partial charge < -0.3 is 14.6 Å². The lowest BCUT2D eigenvalue weighted by Crippen LogP contribution is -2.30. The van der Waals surface area contributed by atoms with E-state index in [1.807, 2.05) is 45.0 Å². The molecule has 2 rings (SSSR count). The van der Waals surface area contributed by atoms with Gasteiger partial charge in [-0.25, -0.2) is 0 Å². The van der Waals surface area contributed by atoms with Gasteiger partial charge in [0.2, 0.25) is 11.8 Å². The van der Waals surface area contributed by atoms with Crippen molar-refractivity contribution in [1.29, 1.82) is 0 Å². The van der Waals surface area contributed by atoms with Crippen LogP contribution in [0.1, 0.15) is 63.4 Å². The Labute approximate surface area is 173 Å². The molecule has 1 heterocycles. The van der Waals surface area contributed by atoms with Gasteiger partial charge in [0.25, 0.3) is 0 Å². The molecule has 0 saturated heterocycles. The summed E-state index contributed by atoms with van der Waals surface area (Å²) in [7, 11) is 1.33. The zero-order chi connectivity index (χ0) is 20.7. The number of methoxy groups -OCH3 is 1. The predicted octanol–water partition coefficient (Wildman–Crippen LogP) is 3.87. The molecule has 152 valence electrons. The number of rotatable bonds is 8. The largest absolute Gasteiger partial charge is 0.469 e. The standard InChI is InChI=1S/C20H26BrN3O4/c1-20(2,3)19-23-17(28-24-19)10-6-9-16(25)22-15(12-18(26)27-4)13-7-5-8-14(21)11-13/h5,7-8,11,15H,6,9-10,12H2,1-4H3,(H,22,25)/t15-/m1/s1. The molecule has 0 aliphatic heterocycles. The molecule has 1 aromatic carbocycles. The number of nitrogens with one attached hydrogen (secondary N) is 1. The summed E-state index contributed by atoms with van der Waals surface area (Å²) in [5, 5.41) is 6.90. The molecule has 0 radical (unpaired) electrons. The van der Waals surface area contributed by atoms with Crippen LogP contribution in [-0.2, 0) is 26.2 Å². The van der Waals surface area contributed by atoms with Crippen molar-refractivity contribution in [3.63, 3.8) is 0 Å². The van der Waals surface area contributed by atoms with Gasteiger partial charge >= 0.3 is 5.97 Å². The second-order valence-electron chi connectivity index (χ2n) is 7.57. The number of hydrogen-bond acceptors (Lipinski definition) is 6. The highest BCUT2D eigenvalue weighted by atomic mass is 79.9. The molecule has 1 aromatic heterocycles. The third-order valence-corrected chi connectivity index (χ3v) is 4.61. The van der Waals surface area contributed by atoms with Gasteiger partial charge in [0, 0.05) is 22.7 Å². The lowest BCUT2D eigenvalue weighted by Gasteiger charge is -2.18. The van der Waals surface area contributed by atoms with E-state index < -0.39 is 6.04 Å². The number of nitrogens with zero attached hydrogens (tertiary/aromatic N) is 2. The quantitative estimate of drug-likeness (QED) is 0.611. The van der Waals surface area contributed by atoms with Crippen LogP contribution in [-0.4, -0.2) is 29.1 Å². The minimum atomic E-state index is -0.451. The Bertz CT molecular complexity index is 814. The van der Waals surface area contributed by atoms with Crippen LogP contribution in [0.15, 0.2) is 33.3 Å². The van der Waals surface area contributed by atoms with Crippen molar-refractivity contribution < 1.29 is 18.8 Å². The highest BCUT2D eigenvalue weighted by Crippen LogP contribution is 2.22. The summed E-state index contributed by atoms with van der Waals surface area (Å²) in [4.78, 5) is 28.5. The van der Waals surface area contributed by atoms with Gasteiger partial charge in [0.1, 0.15) is 0 Å². The van der Waals surface area contributed by atoms with E-state index in [1.54, 1.807) is 0 Å². The summed E-state index contributed by atoms with van der Waals surface area (Å²) in [6.45, 7) is 6.04. The van der Waals surface area contributed by atoms with E-state index in [0.29, 0.717) is 31.0 Å². The third kappa shape index (κ3) is 6.74. The topological polar surface area (TPSA) is 94.3 Å². The molecule has 0 unspecified atom stereocenters. The molecule has 1 atom stereocenters. The van der Waals surface area contributed by atoms with E-state index in [1.165, 1.54) is 7.11 Å². The number of benzene rings is 1. The Hall–Kier alpha value is -2.22. The molecule has 1 N–H and O–H groups in total. The van der Waals surface area contributed by atoms with Gasteiger partial charge in [-0.15, -0.1) is 0 Å². The fourth-order valence-electron chi connectivity index (χ4n) is 2.55. The fraction of sp³-hybridized carbons (Fsp3) is 0.500. The van der Waals surface area contributed by atoms with Gasteiger partial charge in [-0.05, 0) is 24.1 Å². The second kappa shape index (κ2) is 9.82. The van der Waals surface area contributed by atoms with Gasteiger partial charge in [0.15, 0.2) is 5.82 Å². The highest BCUT2D eigenvalue weighted by molar-refractivity contribution is 9.10. The first kappa shape index (κ1) is 22.1. The average molecular weight is 452 g/mol. The van der Waals surface area contributed by atoms with E-state index in [4.69, 9.17) is 9.26 Å². The Morgan fingerprint density at radius 1 is 1.32 bits per heavy atom. The van der Waals surface area contributed by atoms with Gasteiger partial charge in [-0.3, -0.25) is 9.59 Å². The van der Waals surface area contributed by atoms with Crippen molar-refractivity contribution in [2.24, 2.45) is 0 Å². The summed E-state index contributed by atoms with van der Waals surface area (Å²) in [5.74, 6) is 0.644. The highest BCUT2D eigenvalue weighted by Gasteiger charge is 2.22. The van der Waals surface area contributed by atoms with Crippen molar-refractivity contribution in [1.82, 2.24) is 15.5 Å². The molecule has 7 nitrogen and oxygen atoms in total. The van der Waals surface area contributed by atoms with Crippen LogP contribution in [0.3, 0.4) is 0 Å². The van der Waals surface area contributed by atoms with Crippen LogP contribution >= 0.6 is 15.9 Å². The van der Waals surface area contributed by atoms with Crippen molar-refractivity contribution in [3.8, 4) is 0 Å². The Kier molecular flexibility index (Phi) is 7.74. The first-order chi connectivity index (χ1) is 13.2. The van der Waals surface area contributed by atoms with Crippen LogP contribution in [0, 0.1) is 0 Å². The number of ether oxygens (including phenoxy) is 1. The number of carbonyl (C=O) groups is 2. The molecule has 0 bridgehead atoms. The monoisotopic (exact) mass is 451 g/mol. The van der Waals surface area contributed by atoms with Crippen molar-refractivity contribution in [3.05, 3.63) is 46.0 Å². The summed E-state index contributed by atoms with van der Waals surface area (Å²) in [6, 6.07) is 7.04. The lowest BCUT2D eigenvalue weighted by atomic mass is 9.96. The third-order valence-electron chi connectivity index (χ3n) is 4.12. The molecule has 0 saturated carbocycles. The van der Waals surface area contributed by atoms with E-state index in [9.17, 15) is 9.59 Å². The molecule has 0 fully saturated rings. The SMILES string of the molecule is COC(=O)C[C@@H](NC(=O)CCCc1nc(C(C)(C)C)no1)c1cccc(Br)c1. The maximum atomic E-state index is 12.4. The Balaban J connectivity index is 1.92. The van der Waals surface area contributed by atoms with Crippen molar-refractivity contribution >= 4 is 27.8 Å². The molecule has 0 aliphatic rings. The van der Waals surface area contributed by atoms with Gasteiger partial charge in [-0.1, -0.05) is 54.0 Å². The minimum absolute atomic E-state index is 0.0668. The normalized spacial score (nSPS) is 12.5. The minimum Gasteiger partial charge on any atom is -0.469 e. The molecule has 2 aromatic rings. The lowest BCUT2D eigenvalue weighted by molar-refractivity contribution is -0.141. The average Bonchev–Trinajstić information content (AvgIpc) is 3.10. The van der Waals surface area contributed by atoms with E-state index in [0.717, 1.165) is 10.0 Å². The maximum Gasteiger partial charge on any atom is 0.307 e. The van der Waals surface area contributed by atoms with E-state index >= 15 is 0 Å². The second-order valence-corrected chi connectivity index (χ2v) is 8.49. The van der Waals surface area contributed by atoms with E-state index in [2.05, 4.69) is 31.4 Å². The van der Waals surface area contributed by atoms with Crippen LogP contribution in [0.25, 0.3) is 0 Å². The van der Waals surface area contributed by atoms with Crippen LogP contribution in [0.5, 0.6) is 0 Å². The number of hydrogen-bond donors (Lipinski definition) is 1. The van der Waals surface area contributed by atoms with Crippen molar-refractivity contribution in [2.75, 3.05) is 7.11 Å². The molecule has 0 aliphatic carbocycles. The first-order valence-corrected chi connectivity index (χ1v) is 9.93. The Morgan fingerprint density at radius 3 is 2.68 bits per heavy atom. The van der Waals surface area contributed by atoms with Gasteiger partial charge in [-0.2, -0.15) is 4.98 Å². The van der Waals surface area contributed by atoms with Crippen molar-refractivity contribution in [2.45, 2.75) is 57.9 Å². The first-order valence-electron chi connectivity index (χ1n) is 9.13. The number of aromatic nitrogens is 2. The molecular formula is C20H26BrN3O4. The Morgan fingerprint density at radius 2 is 2.07 bits per heavy atom. The summed E-state index contributed by atoms with van der Waals surface area (Å²) >= 11 is 3.41. The predicted molar refractivity (Wildman–Crippen MR) is 108 cm³/mol. The number of carbonyl (C=O) groups excluding carboxylic acids is 2. The summed E-state index contributed by atoms with van der Waals surface area (Å²) < 4.78 is 10.9. The number of esters is 1. The number of aryl methyl sites for hydroxylation is 1. The molecule has 28 heavy (non-hydrogen) atoms. The molecule has 8 heteroatoms. The molecule has 0 spiro atoms. The summed E-state index contributed by atoms with van der Waals surface area (Å²) in [5.41, 5.74) is 0.657. The summed E-state index contributed by atoms with van der Waals surface area (Å²) in [6.07, 6.45) is 1.45. The van der Waals surface area contributed by atoms with Crippen LogP contribution < -0.4 is 5.32 Å². The number of halogens is 1. The van der Waals surface area contributed by atoms with Gasteiger partial charge in [0.05, 0.1) is 19.6 Å². The smallest absolute Gasteiger partial charge is 0.307 e. The fourth-order valence-corrected chi connectivity index (χ4v) is 2.97. The van der Waals surface area contributed by atoms with E-state index in [-0.39, 0.29) is 23.7 Å². The zero-order valence-corrected chi connectivity index (χ0v) is 18.2. The molecular weight excluding hydrogens is 426 g/mol. The molecule has 1 amide bonds. The number of amides is 1. The van der Waals surface area contributed by atoms with Crippen LogP contribution in [0.2, 0.25) is 0 Å².